The second-order valence-corrected chi connectivity index (χ2v) is 4.58. The molecule has 0 atom stereocenters. The van der Waals surface area contributed by atoms with Crippen LogP contribution in [0.25, 0.3) is 5.57 Å². The molecule has 3 nitrogen and oxygen atoms in total. The number of carbonyl (C=O) groups is 1. The molecule has 2 aromatic carbocycles. The Kier molecular flexibility index (Phi) is 3.17. The van der Waals surface area contributed by atoms with Gasteiger partial charge in [-0.3, -0.25) is 9.79 Å². The van der Waals surface area contributed by atoms with E-state index in [1.807, 2.05) is 54.6 Å². The summed E-state index contributed by atoms with van der Waals surface area (Å²) in [4.78, 5) is 16.6. The van der Waals surface area contributed by atoms with Crippen molar-refractivity contribution in [1.82, 2.24) is 0 Å². The lowest BCUT2D eigenvalue weighted by Crippen LogP contribution is -2.06. The summed E-state index contributed by atoms with van der Waals surface area (Å²) in [6.07, 6.45) is 1.38. The minimum absolute atomic E-state index is 0.0501. The summed E-state index contributed by atoms with van der Waals surface area (Å²) in [6.45, 7) is 0.127. The van der Waals surface area contributed by atoms with Crippen molar-refractivity contribution in [2.75, 3.05) is 6.54 Å². The van der Waals surface area contributed by atoms with Crippen molar-refractivity contribution in [1.29, 1.82) is 0 Å². The van der Waals surface area contributed by atoms with Gasteiger partial charge < -0.3 is 5.73 Å². The first-order valence-electron chi connectivity index (χ1n) is 6.46. The van der Waals surface area contributed by atoms with Gasteiger partial charge in [-0.1, -0.05) is 54.6 Å². The molecule has 3 rings (SSSR count). The largest absolute Gasteiger partial charge is 0.404 e. The lowest BCUT2D eigenvalue weighted by Gasteiger charge is -2.10. The molecule has 0 aromatic heterocycles. The van der Waals surface area contributed by atoms with Crippen LogP contribution in [0.4, 0.5) is 0 Å². The minimum Gasteiger partial charge on any atom is -0.404 e. The number of benzene rings is 2. The van der Waals surface area contributed by atoms with Crippen molar-refractivity contribution in [3.8, 4) is 0 Å². The summed E-state index contributed by atoms with van der Waals surface area (Å²) in [5.41, 5.74) is 9.80. The summed E-state index contributed by atoms with van der Waals surface area (Å²) >= 11 is 0. The van der Waals surface area contributed by atoms with E-state index in [0.29, 0.717) is 5.57 Å². The molecule has 1 aliphatic heterocycles. The molecule has 2 aromatic rings. The third-order valence-electron chi connectivity index (χ3n) is 3.37. The number of ketones is 1. The van der Waals surface area contributed by atoms with Crippen molar-refractivity contribution in [2.45, 2.75) is 0 Å². The van der Waals surface area contributed by atoms with Gasteiger partial charge in [-0.25, -0.2) is 0 Å². The van der Waals surface area contributed by atoms with Crippen LogP contribution in [0.15, 0.2) is 65.8 Å². The average Bonchev–Trinajstić information content (AvgIpc) is 2.64. The summed E-state index contributed by atoms with van der Waals surface area (Å²) in [7, 11) is 0. The molecule has 0 saturated carbocycles. The van der Waals surface area contributed by atoms with Crippen molar-refractivity contribution in [3.63, 3.8) is 0 Å². The lowest BCUT2D eigenvalue weighted by molar-refractivity contribution is -0.112. The molecule has 0 bridgehead atoms. The van der Waals surface area contributed by atoms with E-state index in [-0.39, 0.29) is 12.3 Å². The Labute approximate surface area is 117 Å². The number of hydrogen-bond acceptors (Lipinski definition) is 3. The van der Waals surface area contributed by atoms with Crippen LogP contribution in [0.1, 0.15) is 16.7 Å². The van der Waals surface area contributed by atoms with E-state index in [9.17, 15) is 4.79 Å². The Hall–Kier alpha value is -2.68. The summed E-state index contributed by atoms with van der Waals surface area (Å²) in [5.74, 6) is -0.0501. The molecule has 0 radical (unpaired) electrons. The standard InChI is InChI=1S/C17H14N2O/c18-10-15-13-8-4-5-9-14(13)17(19-11-16(15)20)12-6-2-1-3-7-12/h1-10H,11,18H2. The highest BCUT2D eigenvalue weighted by molar-refractivity contribution is 6.28. The van der Waals surface area contributed by atoms with E-state index < -0.39 is 0 Å². The van der Waals surface area contributed by atoms with Crippen molar-refractivity contribution < 1.29 is 4.79 Å². The quantitative estimate of drug-likeness (QED) is 0.802. The summed E-state index contributed by atoms with van der Waals surface area (Å²) in [5, 5.41) is 0. The number of hydrogen-bond donors (Lipinski definition) is 1. The predicted molar refractivity (Wildman–Crippen MR) is 80.6 cm³/mol. The third kappa shape index (κ3) is 2.03. The van der Waals surface area contributed by atoms with Gasteiger partial charge in [0.1, 0.15) is 6.54 Å². The number of nitrogens with zero attached hydrogens (tertiary/aromatic N) is 1. The highest BCUT2D eigenvalue weighted by Crippen LogP contribution is 2.25. The van der Waals surface area contributed by atoms with Crippen LogP contribution in [0, 0.1) is 0 Å². The van der Waals surface area contributed by atoms with Crippen LogP contribution in [0.2, 0.25) is 0 Å². The zero-order valence-corrected chi connectivity index (χ0v) is 10.9. The molecule has 0 aliphatic carbocycles. The zero-order chi connectivity index (χ0) is 13.9. The molecule has 0 fully saturated rings. The maximum Gasteiger partial charge on any atom is 0.186 e. The highest BCUT2D eigenvalue weighted by atomic mass is 16.1. The number of aliphatic imine (C=N–C) groups is 1. The van der Waals surface area contributed by atoms with Crippen molar-refractivity contribution in [3.05, 3.63) is 77.5 Å². The monoisotopic (exact) mass is 262 g/mol. The van der Waals surface area contributed by atoms with Crippen LogP contribution >= 0.6 is 0 Å². The molecular weight excluding hydrogens is 248 g/mol. The van der Waals surface area contributed by atoms with Crippen LogP contribution in [-0.2, 0) is 4.79 Å². The average molecular weight is 262 g/mol. The van der Waals surface area contributed by atoms with Crippen LogP contribution < -0.4 is 5.73 Å². The first kappa shape index (κ1) is 12.4. The number of carbonyl (C=O) groups excluding carboxylic acids is 1. The van der Waals surface area contributed by atoms with Gasteiger partial charge in [0.15, 0.2) is 5.78 Å². The Balaban J connectivity index is 2.24. The molecule has 1 aliphatic rings. The number of nitrogens with two attached hydrogens (primary N) is 1. The Morgan fingerprint density at radius 1 is 0.950 bits per heavy atom. The SMILES string of the molecule is NC=C1C(=O)CN=C(c2ccccc2)c2ccccc21. The molecule has 0 amide bonds. The highest BCUT2D eigenvalue weighted by Gasteiger charge is 2.21. The number of Topliss-reactive ketones (excluding diaryl/α,β-unsaturated/α-hetero) is 1. The smallest absolute Gasteiger partial charge is 0.186 e. The molecule has 2 N–H and O–H groups in total. The van der Waals surface area contributed by atoms with Gasteiger partial charge in [0, 0.05) is 22.9 Å². The molecule has 98 valence electrons. The van der Waals surface area contributed by atoms with E-state index in [0.717, 1.165) is 22.4 Å². The minimum atomic E-state index is -0.0501. The van der Waals surface area contributed by atoms with E-state index in [2.05, 4.69) is 4.99 Å². The lowest BCUT2D eigenvalue weighted by atomic mass is 9.93. The molecule has 1 heterocycles. The molecule has 0 spiro atoms. The normalized spacial score (nSPS) is 16.5. The molecule has 0 saturated heterocycles. The maximum atomic E-state index is 12.1. The van der Waals surface area contributed by atoms with Crippen molar-refractivity contribution >= 4 is 17.1 Å². The van der Waals surface area contributed by atoms with Gasteiger partial charge in [0.2, 0.25) is 0 Å². The molecule has 20 heavy (non-hydrogen) atoms. The van der Waals surface area contributed by atoms with E-state index in [4.69, 9.17) is 5.73 Å². The fraction of sp³-hybridized carbons (Fsp3) is 0.0588. The van der Waals surface area contributed by atoms with E-state index in [1.165, 1.54) is 6.20 Å². The molecule has 3 heteroatoms. The summed E-state index contributed by atoms with van der Waals surface area (Å²) < 4.78 is 0. The zero-order valence-electron chi connectivity index (χ0n) is 10.9. The van der Waals surface area contributed by atoms with E-state index >= 15 is 0 Å². The number of rotatable bonds is 1. The molecular formula is C17H14N2O. The van der Waals surface area contributed by atoms with Gasteiger partial charge >= 0.3 is 0 Å². The van der Waals surface area contributed by atoms with Gasteiger partial charge in [-0.15, -0.1) is 0 Å². The van der Waals surface area contributed by atoms with Crippen LogP contribution in [0.3, 0.4) is 0 Å². The van der Waals surface area contributed by atoms with Crippen LogP contribution in [0.5, 0.6) is 0 Å². The predicted octanol–water partition coefficient (Wildman–Crippen LogP) is 2.41. The van der Waals surface area contributed by atoms with Gasteiger partial charge in [0.05, 0.1) is 5.71 Å². The second kappa shape index (κ2) is 5.13. The van der Waals surface area contributed by atoms with Gasteiger partial charge in [-0.2, -0.15) is 0 Å². The second-order valence-electron chi connectivity index (χ2n) is 4.58. The first-order valence-corrected chi connectivity index (χ1v) is 6.46. The summed E-state index contributed by atoms with van der Waals surface area (Å²) in [6, 6.07) is 17.6. The maximum absolute atomic E-state index is 12.1. The topological polar surface area (TPSA) is 55.5 Å². The van der Waals surface area contributed by atoms with Gasteiger partial charge in [-0.05, 0) is 5.56 Å². The Morgan fingerprint density at radius 2 is 1.60 bits per heavy atom. The first-order chi connectivity index (χ1) is 9.81. The Morgan fingerprint density at radius 3 is 2.30 bits per heavy atom. The van der Waals surface area contributed by atoms with Gasteiger partial charge in [0.25, 0.3) is 0 Å². The third-order valence-corrected chi connectivity index (χ3v) is 3.37. The fourth-order valence-corrected chi connectivity index (χ4v) is 2.42. The number of fused-ring (bicyclic) bond motifs is 1. The van der Waals surface area contributed by atoms with Crippen LogP contribution in [-0.4, -0.2) is 18.0 Å². The molecule has 0 unspecified atom stereocenters. The van der Waals surface area contributed by atoms with Crippen molar-refractivity contribution in [2.24, 2.45) is 10.7 Å². The van der Waals surface area contributed by atoms with E-state index in [1.54, 1.807) is 0 Å². The fourth-order valence-electron chi connectivity index (χ4n) is 2.42. The Bertz CT molecular complexity index is 715.